The number of pyridine rings is 1. The van der Waals surface area contributed by atoms with Gasteiger partial charge in [-0.25, -0.2) is 14.6 Å². The van der Waals surface area contributed by atoms with Crippen LogP contribution >= 0.6 is 0 Å². The molecule has 69 heavy (non-hydrogen) atoms. The fourth-order valence-electron chi connectivity index (χ4n) is 7.03. The molecule has 3 aromatic rings. The second-order valence-electron chi connectivity index (χ2n) is 18.5. The molecule has 2 aromatic carbocycles. The van der Waals surface area contributed by atoms with Gasteiger partial charge in [0.05, 0.1) is 97.6 Å². The Bertz CT molecular complexity index is 1900. The van der Waals surface area contributed by atoms with Crippen molar-refractivity contribution in [1.29, 1.82) is 0 Å². The van der Waals surface area contributed by atoms with Gasteiger partial charge in [-0.2, -0.15) is 0 Å². The number of methoxy groups -OCH3 is 2. The van der Waals surface area contributed by atoms with Gasteiger partial charge < -0.3 is 53.6 Å². The summed E-state index contributed by atoms with van der Waals surface area (Å²) in [7, 11) is 2.85. The van der Waals surface area contributed by atoms with Gasteiger partial charge in [0.2, 0.25) is 0 Å². The van der Waals surface area contributed by atoms with Gasteiger partial charge in [-0.05, 0) is 46.4 Å². The Hall–Kier alpha value is -5.05. The molecule has 4 atom stereocenters. The molecule has 4 unspecified atom stereocenters. The Morgan fingerprint density at radius 3 is 1.65 bits per heavy atom. The number of nitrogens with zero attached hydrogens (tertiary/aromatic N) is 2. The zero-order valence-corrected chi connectivity index (χ0v) is 41.9. The molecule has 0 saturated heterocycles. The molecule has 0 fully saturated rings. The number of carbonyl (C=O) groups is 4. The van der Waals surface area contributed by atoms with E-state index in [0.29, 0.717) is 65.9 Å². The lowest BCUT2D eigenvalue weighted by Gasteiger charge is -2.35. The van der Waals surface area contributed by atoms with Crippen LogP contribution in [0.25, 0.3) is 11.3 Å². The molecule has 0 bridgehead atoms. The lowest BCUT2D eigenvalue weighted by molar-refractivity contribution is -0.132. The van der Waals surface area contributed by atoms with E-state index in [9.17, 15) is 24.3 Å². The van der Waals surface area contributed by atoms with Crippen molar-refractivity contribution in [3.8, 4) is 11.3 Å². The molecule has 0 aliphatic carbocycles. The van der Waals surface area contributed by atoms with Crippen molar-refractivity contribution in [2.24, 2.45) is 16.7 Å². The largest absolute Gasteiger partial charge is 0.453 e. The van der Waals surface area contributed by atoms with Gasteiger partial charge in [-0.15, -0.1) is 0 Å². The van der Waals surface area contributed by atoms with Crippen LogP contribution in [0.2, 0.25) is 0 Å². The third kappa shape index (κ3) is 23.9. The summed E-state index contributed by atoms with van der Waals surface area (Å²) in [6.07, 6.45) is -0.775. The molecule has 4 N–H and O–H groups in total. The predicted molar refractivity (Wildman–Crippen MR) is 260 cm³/mol. The van der Waals surface area contributed by atoms with E-state index in [2.05, 4.69) is 21.0 Å². The molecule has 1 aromatic heterocycles. The van der Waals surface area contributed by atoms with Gasteiger partial charge in [0.25, 0.3) is 5.91 Å². The van der Waals surface area contributed by atoms with E-state index in [1.807, 2.05) is 114 Å². The first kappa shape index (κ1) is 58.3. The molecule has 3 amide bonds. The predicted octanol–water partition coefficient (Wildman–Crippen LogP) is 5.40. The normalized spacial score (nSPS) is 13.5. The summed E-state index contributed by atoms with van der Waals surface area (Å²) in [6.45, 7) is 15.5. The van der Waals surface area contributed by atoms with Crippen LogP contribution in [0.4, 0.5) is 9.59 Å². The van der Waals surface area contributed by atoms with Gasteiger partial charge in [-0.1, -0.05) is 102 Å². The van der Waals surface area contributed by atoms with Gasteiger partial charge in [-0.3, -0.25) is 20.0 Å². The number of rotatable bonds is 33. The second-order valence-corrected chi connectivity index (χ2v) is 18.5. The summed E-state index contributed by atoms with van der Waals surface area (Å²) in [5.41, 5.74) is 4.91. The van der Waals surface area contributed by atoms with Crippen molar-refractivity contribution in [3.63, 3.8) is 0 Å². The molecule has 384 valence electrons. The number of benzene rings is 2. The number of hydrogen-bond acceptors (Lipinski definition) is 15. The van der Waals surface area contributed by atoms with E-state index < -0.39 is 53.0 Å². The van der Waals surface area contributed by atoms with Crippen molar-refractivity contribution < 1.29 is 62.2 Å². The Morgan fingerprint density at radius 2 is 1.14 bits per heavy atom. The number of alkyl carbamates (subject to hydrolysis) is 2. The van der Waals surface area contributed by atoms with Crippen LogP contribution in [0, 0.1) is 16.7 Å². The lowest BCUT2D eigenvalue weighted by Crippen LogP contribution is -2.58. The highest BCUT2D eigenvalue weighted by Crippen LogP contribution is 2.27. The third-order valence-corrected chi connectivity index (χ3v) is 10.7. The number of aliphatic hydroxyl groups excluding tert-OH is 1. The van der Waals surface area contributed by atoms with Gasteiger partial charge in [0, 0.05) is 38.4 Å². The number of aromatic nitrogens is 1. The topological polar surface area (TPSA) is 215 Å². The van der Waals surface area contributed by atoms with Crippen LogP contribution in [0.5, 0.6) is 0 Å². The fraction of sp³-hybridized carbons (Fsp3) is 0.588. The Morgan fingerprint density at radius 1 is 0.623 bits per heavy atom. The Kier molecular flexibility index (Phi) is 27.0. The number of carbonyl (C=O) groups excluding carboxylic acids is 4. The summed E-state index contributed by atoms with van der Waals surface area (Å²) in [5.74, 6) is -1.48. The SMILES string of the molecule is COCCOCCOCCOCCOCCOCCOC(=O)NC(C(=O)CC(Cc1ccccc1)C(O)CN(Cc1ccc(-c2ccccn2)cc1)NC(=O)C(NC(=O)OC)C(C)(C)C)C(C)(C)C. The van der Waals surface area contributed by atoms with E-state index in [1.165, 1.54) is 7.11 Å². The first-order valence-electron chi connectivity index (χ1n) is 23.5. The molecule has 18 nitrogen and oxygen atoms in total. The molecule has 0 aliphatic heterocycles. The Labute approximate surface area is 408 Å². The summed E-state index contributed by atoms with van der Waals surface area (Å²) in [4.78, 5) is 58.2. The maximum Gasteiger partial charge on any atom is 0.407 e. The van der Waals surface area contributed by atoms with E-state index in [1.54, 1.807) is 18.3 Å². The van der Waals surface area contributed by atoms with Gasteiger partial charge in [0.15, 0.2) is 5.78 Å². The Balaban J connectivity index is 1.62. The maximum atomic E-state index is 14.3. The van der Waals surface area contributed by atoms with Crippen LogP contribution in [-0.4, -0.2) is 157 Å². The van der Waals surface area contributed by atoms with Crippen molar-refractivity contribution in [3.05, 3.63) is 90.1 Å². The number of hydrogen-bond donors (Lipinski definition) is 4. The number of amides is 3. The van der Waals surface area contributed by atoms with E-state index in [4.69, 9.17) is 37.9 Å². The van der Waals surface area contributed by atoms with Gasteiger partial charge in [0.1, 0.15) is 12.6 Å². The highest BCUT2D eigenvalue weighted by Gasteiger charge is 2.37. The molecule has 0 radical (unpaired) electrons. The standard InChI is InChI=1S/C51H77N5O13/c1-50(2,3)45(53-49(61)69-33-32-68-31-30-67-29-28-66-27-26-65-25-24-64-23-22-62-7)43(57)35-41(34-38-14-10-9-11-15-38)44(58)37-56(55-47(59)46(51(4,5)6)54-48(60)63-8)36-39-17-19-40(20-18-39)42-16-12-13-21-52-42/h9-21,41,44-46,58H,22-37H2,1-8H3,(H,53,61)(H,54,60)(H,55,59). The number of hydrazine groups is 1. The zero-order chi connectivity index (χ0) is 50.5. The van der Waals surface area contributed by atoms with E-state index >= 15 is 0 Å². The summed E-state index contributed by atoms with van der Waals surface area (Å²) in [6, 6.07) is 20.9. The second kappa shape index (κ2) is 32.0. The molecule has 0 saturated carbocycles. The number of nitrogens with one attached hydrogen (secondary N) is 3. The zero-order valence-electron chi connectivity index (χ0n) is 41.9. The van der Waals surface area contributed by atoms with Crippen molar-refractivity contribution in [2.45, 2.75) is 79.1 Å². The molecule has 0 aliphatic rings. The molecular weight excluding hydrogens is 891 g/mol. The highest BCUT2D eigenvalue weighted by molar-refractivity contribution is 5.88. The number of ether oxygens (including phenoxy) is 8. The molecule has 1 heterocycles. The van der Waals surface area contributed by atoms with Crippen molar-refractivity contribution >= 4 is 23.9 Å². The van der Waals surface area contributed by atoms with Crippen molar-refractivity contribution in [1.82, 2.24) is 26.1 Å². The minimum absolute atomic E-state index is 0.0502. The van der Waals surface area contributed by atoms with E-state index in [-0.39, 0.29) is 45.1 Å². The smallest absolute Gasteiger partial charge is 0.407 e. The quantitative estimate of drug-likeness (QED) is 0.0444. The minimum atomic E-state index is -1.16. The molecular formula is C51H77N5O13. The average Bonchev–Trinajstić information content (AvgIpc) is 3.31. The summed E-state index contributed by atoms with van der Waals surface area (Å²) in [5, 5.41) is 19.1. The van der Waals surface area contributed by atoms with E-state index in [0.717, 1.165) is 22.4 Å². The van der Waals surface area contributed by atoms with Crippen LogP contribution in [-0.2, 0) is 60.4 Å². The monoisotopic (exact) mass is 968 g/mol. The lowest BCUT2D eigenvalue weighted by atomic mass is 9.79. The number of ketones is 1. The molecule has 18 heteroatoms. The van der Waals surface area contributed by atoms with Crippen molar-refractivity contribution in [2.75, 3.05) is 100 Å². The molecule has 0 spiro atoms. The first-order valence-corrected chi connectivity index (χ1v) is 23.5. The molecule has 3 rings (SSSR count). The summed E-state index contributed by atoms with van der Waals surface area (Å²) < 4.78 is 42.5. The third-order valence-electron chi connectivity index (χ3n) is 10.7. The number of Topliss-reactive ketones (excluding diaryl/α,β-unsaturated/α-hetero) is 1. The first-order chi connectivity index (χ1) is 33.0. The van der Waals surface area contributed by atoms with Crippen LogP contribution in [0.1, 0.15) is 59.1 Å². The van der Waals surface area contributed by atoms with Crippen LogP contribution in [0.15, 0.2) is 79.0 Å². The van der Waals surface area contributed by atoms with Crippen LogP contribution in [0.3, 0.4) is 0 Å². The maximum absolute atomic E-state index is 14.3. The highest BCUT2D eigenvalue weighted by atomic mass is 16.6. The minimum Gasteiger partial charge on any atom is -0.453 e. The van der Waals surface area contributed by atoms with Crippen LogP contribution < -0.4 is 16.1 Å². The average molecular weight is 968 g/mol. The number of aliphatic hydroxyl groups is 1. The van der Waals surface area contributed by atoms with Gasteiger partial charge >= 0.3 is 12.2 Å². The summed E-state index contributed by atoms with van der Waals surface area (Å²) >= 11 is 0. The fourth-order valence-corrected chi connectivity index (χ4v) is 7.03.